The minimum absolute atomic E-state index is 0.0759. The minimum Gasteiger partial charge on any atom is -0.325 e. The number of hydrogen-bond donors (Lipinski definition) is 2. The van der Waals surface area contributed by atoms with Gasteiger partial charge in [0.15, 0.2) is 0 Å². The molecule has 2 N–H and O–H groups in total. The molecule has 0 aliphatic carbocycles. The Bertz CT molecular complexity index is 441. The van der Waals surface area contributed by atoms with Crippen LogP contribution in [0.25, 0.3) is 0 Å². The molecule has 0 aromatic heterocycles. The van der Waals surface area contributed by atoms with Crippen LogP contribution in [0.5, 0.6) is 0 Å². The fourth-order valence-electron chi connectivity index (χ4n) is 2.70. The maximum atomic E-state index is 12.2. The molecule has 1 amide bonds. The summed E-state index contributed by atoms with van der Waals surface area (Å²) >= 11 is 0. The van der Waals surface area contributed by atoms with Gasteiger partial charge in [-0.05, 0) is 43.6 Å². The number of likely N-dealkylation sites (N-methyl/N-ethyl adjacent to an activating group) is 1. The smallest absolute Gasteiger partial charge is 0.238 e. The molecule has 4 nitrogen and oxygen atoms in total. The number of nitrogens with zero attached hydrogens (tertiary/aromatic N) is 1. The van der Waals surface area contributed by atoms with E-state index in [1.807, 2.05) is 18.2 Å². The van der Waals surface area contributed by atoms with Crippen LogP contribution in [0.15, 0.2) is 24.3 Å². The third kappa shape index (κ3) is 4.05. The average molecular weight is 275 g/mol. The Kier molecular flexibility index (Phi) is 5.56. The topological polar surface area (TPSA) is 44.4 Å². The molecular weight excluding hydrogens is 250 g/mol. The monoisotopic (exact) mass is 275 g/mol. The van der Waals surface area contributed by atoms with Gasteiger partial charge in [-0.3, -0.25) is 9.69 Å². The highest BCUT2D eigenvalue weighted by atomic mass is 16.2. The first-order valence-electron chi connectivity index (χ1n) is 7.56. The maximum Gasteiger partial charge on any atom is 0.238 e. The third-order valence-corrected chi connectivity index (χ3v) is 3.92. The molecule has 1 saturated heterocycles. The van der Waals surface area contributed by atoms with Crippen molar-refractivity contribution in [1.82, 2.24) is 10.2 Å². The van der Waals surface area contributed by atoms with E-state index in [9.17, 15) is 4.79 Å². The summed E-state index contributed by atoms with van der Waals surface area (Å²) in [6, 6.07) is 8.56. The number of anilines is 1. The molecule has 0 radical (unpaired) electrons. The van der Waals surface area contributed by atoms with Crippen LogP contribution < -0.4 is 10.6 Å². The number of amides is 1. The van der Waals surface area contributed by atoms with Crippen molar-refractivity contribution in [2.45, 2.75) is 32.7 Å². The zero-order valence-corrected chi connectivity index (χ0v) is 12.5. The summed E-state index contributed by atoms with van der Waals surface area (Å²) in [6.07, 6.45) is 2.12. The van der Waals surface area contributed by atoms with E-state index in [0.717, 1.165) is 38.2 Å². The Labute approximate surface area is 121 Å². The fraction of sp³-hybridized carbons (Fsp3) is 0.562. The second-order valence-corrected chi connectivity index (χ2v) is 5.31. The molecule has 1 atom stereocenters. The van der Waals surface area contributed by atoms with Crippen molar-refractivity contribution < 1.29 is 4.79 Å². The van der Waals surface area contributed by atoms with Crippen LogP contribution in [0, 0.1) is 0 Å². The summed E-state index contributed by atoms with van der Waals surface area (Å²) in [7, 11) is 0. The number of nitrogens with one attached hydrogen (secondary N) is 2. The van der Waals surface area contributed by atoms with Crippen LogP contribution in [-0.2, 0) is 11.2 Å². The molecule has 1 unspecified atom stereocenters. The maximum absolute atomic E-state index is 12.2. The van der Waals surface area contributed by atoms with Gasteiger partial charge in [0.1, 0.15) is 0 Å². The predicted molar refractivity (Wildman–Crippen MR) is 83.0 cm³/mol. The van der Waals surface area contributed by atoms with E-state index < -0.39 is 0 Å². The molecule has 1 aromatic rings. The lowest BCUT2D eigenvalue weighted by Gasteiger charge is -2.26. The average Bonchev–Trinajstić information content (AvgIpc) is 2.99. The number of aryl methyl sites for hydroxylation is 1. The van der Waals surface area contributed by atoms with Crippen molar-refractivity contribution in [1.29, 1.82) is 0 Å². The zero-order chi connectivity index (χ0) is 14.4. The van der Waals surface area contributed by atoms with Crippen molar-refractivity contribution in [3.05, 3.63) is 29.8 Å². The number of carbonyl (C=O) groups excluding carboxylic acids is 1. The summed E-state index contributed by atoms with van der Waals surface area (Å²) in [5, 5.41) is 6.36. The predicted octanol–water partition coefficient (Wildman–Crippen LogP) is 1.87. The lowest BCUT2D eigenvalue weighted by molar-refractivity contribution is -0.117. The molecule has 110 valence electrons. The lowest BCUT2D eigenvalue weighted by atomic mass is 10.1. The van der Waals surface area contributed by atoms with E-state index in [1.54, 1.807) is 0 Å². The number of benzene rings is 1. The Morgan fingerprint density at radius 1 is 1.45 bits per heavy atom. The van der Waals surface area contributed by atoms with Crippen molar-refractivity contribution in [3.8, 4) is 0 Å². The highest BCUT2D eigenvalue weighted by molar-refractivity contribution is 5.92. The molecule has 4 heteroatoms. The molecule has 0 saturated carbocycles. The van der Waals surface area contributed by atoms with Gasteiger partial charge < -0.3 is 10.6 Å². The van der Waals surface area contributed by atoms with E-state index >= 15 is 0 Å². The van der Waals surface area contributed by atoms with Crippen molar-refractivity contribution >= 4 is 11.6 Å². The largest absolute Gasteiger partial charge is 0.325 e. The standard InChI is InChI=1S/C16H25N3O/c1-3-13-6-5-7-14(10-13)18-16(20)12-19(4-2)15-8-9-17-11-15/h5-7,10,15,17H,3-4,8-9,11-12H2,1-2H3,(H,18,20). The van der Waals surface area contributed by atoms with Gasteiger partial charge in [-0.25, -0.2) is 0 Å². The number of hydrogen-bond acceptors (Lipinski definition) is 3. The molecule has 1 aliphatic heterocycles. The van der Waals surface area contributed by atoms with Crippen LogP contribution >= 0.6 is 0 Å². The van der Waals surface area contributed by atoms with Crippen LogP contribution in [-0.4, -0.2) is 43.0 Å². The van der Waals surface area contributed by atoms with Gasteiger partial charge in [-0.1, -0.05) is 26.0 Å². The molecule has 1 aliphatic rings. The first-order chi connectivity index (χ1) is 9.72. The minimum atomic E-state index is 0.0759. The van der Waals surface area contributed by atoms with Crippen molar-refractivity contribution in [2.75, 3.05) is 31.5 Å². The Hall–Kier alpha value is -1.39. The molecule has 1 fully saturated rings. The first-order valence-corrected chi connectivity index (χ1v) is 7.56. The van der Waals surface area contributed by atoms with E-state index in [0.29, 0.717) is 12.6 Å². The second-order valence-electron chi connectivity index (χ2n) is 5.31. The molecule has 1 aromatic carbocycles. The van der Waals surface area contributed by atoms with Crippen molar-refractivity contribution in [2.24, 2.45) is 0 Å². The van der Waals surface area contributed by atoms with Crippen molar-refractivity contribution in [3.63, 3.8) is 0 Å². The van der Waals surface area contributed by atoms with Gasteiger partial charge in [0, 0.05) is 18.3 Å². The summed E-state index contributed by atoms with van der Waals surface area (Å²) in [5.74, 6) is 0.0759. The van der Waals surface area contributed by atoms with E-state index in [-0.39, 0.29) is 5.91 Å². The Morgan fingerprint density at radius 2 is 2.30 bits per heavy atom. The Balaban J connectivity index is 1.90. The van der Waals surface area contributed by atoms with E-state index in [2.05, 4.69) is 35.4 Å². The Morgan fingerprint density at radius 3 is 2.95 bits per heavy atom. The van der Waals surface area contributed by atoms with Gasteiger partial charge in [0.2, 0.25) is 5.91 Å². The lowest BCUT2D eigenvalue weighted by Crippen LogP contribution is -2.41. The molecular formula is C16H25N3O. The molecule has 0 spiro atoms. The molecule has 0 bridgehead atoms. The van der Waals surface area contributed by atoms with Crippen LogP contribution in [0.1, 0.15) is 25.8 Å². The van der Waals surface area contributed by atoms with Gasteiger partial charge in [-0.15, -0.1) is 0 Å². The normalized spacial score (nSPS) is 18.4. The van der Waals surface area contributed by atoms with Gasteiger partial charge in [0.05, 0.1) is 6.54 Å². The molecule has 20 heavy (non-hydrogen) atoms. The highest BCUT2D eigenvalue weighted by Crippen LogP contribution is 2.12. The van der Waals surface area contributed by atoms with Crippen LogP contribution in [0.2, 0.25) is 0 Å². The van der Waals surface area contributed by atoms with Gasteiger partial charge in [0.25, 0.3) is 0 Å². The van der Waals surface area contributed by atoms with Gasteiger partial charge in [-0.2, -0.15) is 0 Å². The zero-order valence-electron chi connectivity index (χ0n) is 12.5. The summed E-state index contributed by atoms with van der Waals surface area (Å²) in [4.78, 5) is 14.4. The SMILES string of the molecule is CCc1cccc(NC(=O)CN(CC)C2CCNC2)c1. The summed E-state index contributed by atoms with van der Waals surface area (Å²) < 4.78 is 0. The van der Waals surface area contributed by atoms with E-state index in [1.165, 1.54) is 5.56 Å². The van der Waals surface area contributed by atoms with Gasteiger partial charge >= 0.3 is 0 Å². The van der Waals surface area contributed by atoms with Crippen LogP contribution in [0.4, 0.5) is 5.69 Å². The highest BCUT2D eigenvalue weighted by Gasteiger charge is 2.22. The van der Waals surface area contributed by atoms with E-state index in [4.69, 9.17) is 0 Å². The summed E-state index contributed by atoms with van der Waals surface area (Å²) in [5.41, 5.74) is 2.14. The fourth-order valence-corrected chi connectivity index (χ4v) is 2.70. The summed E-state index contributed by atoms with van der Waals surface area (Å²) in [6.45, 7) is 7.66. The second kappa shape index (κ2) is 7.41. The molecule has 2 rings (SSSR count). The number of rotatable bonds is 6. The third-order valence-electron chi connectivity index (χ3n) is 3.92. The quantitative estimate of drug-likeness (QED) is 0.833. The first kappa shape index (κ1) is 15.0. The molecule has 1 heterocycles. The van der Waals surface area contributed by atoms with Crippen LogP contribution in [0.3, 0.4) is 0 Å². The number of carbonyl (C=O) groups is 1.